The normalized spacial score (nSPS) is 9.40. The maximum absolute atomic E-state index is 9.35. The fourth-order valence-corrected chi connectivity index (χ4v) is 1.27. The molecule has 0 saturated carbocycles. The minimum Gasteiger partial charge on any atom is -0.508 e. The molecule has 0 saturated heterocycles. The van der Waals surface area contributed by atoms with E-state index in [1.54, 1.807) is 6.07 Å². The standard InChI is InChI=1S/C10H14O.C2H4O2/c1-7(2)9-5-4-6-10(11)8(9)3;1-2(3)4/h4-7,11H,1-3H3;1H3,(H,3,4). The van der Waals surface area contributed by atoms with Gasteiger partial charge in [0, 0.05) is 6.92 Å². The van der Waals surface area contributed by atoms with Gasteiger partial charge in [-0.25, -0.2) is 0 Å². The molecule has 0 aliphatic rings. The summed E-state index contributed by atoms with van der Waals surface area (Å²) in [5.41, 5.74) is 2.23. The van der Waals surface area contributed by atoms with E-state index in [1.807, 2.05) is 13.0 Å². The Kier molecular flexibility index (Phi) is 5.45. The first-order valence-electron chi connectivity index (χ1n) is 4.84. The van der Waals surface area contributed by atoms with Crippen molar-refractivity contribution in [2.45, 2.75) is 33.6 Å². The first kappa shape index (κ1) is 13.5. The van der Waals surface area contributed by atoms with Crippen molar-refractivity contribution in [1.82, 2.24) is 0 Å². The van der Waals surface area contributed by atoms with Gasteiger partial charge in [0.25, 0.3) is 5.97 Å². The average molecular weight is 210 g/mol. The van der Waals surface area contributed by atoms with Gasteiger partial charge in [-0.05, 0) is 30.0 Å². The quantitative estimate of drug-likeness (QED) is 0.749. The summed E-state index contributed by atoms with van der Waals surface area (Å²) in [6, 6.07) is 5.67. The first-order valence-corrected chi connectivity index (χ1v) is 4.84. The molecule has 0 amide bonds. The highest BCUT2D eigenvalue weighted by atomic mass is 16.4. The van der Waals surface area contributed by atoms with Gasteiger partial charge >= 0.3 is 0 Å². The molecule has 0 unspecified atom stereocenters. The van der Waals surface area contributed by atoms with Gasteiger partial charge in [-0.3, -0.25) is 4.79 Å². The lowest BCUT2D eigenvalue weighted by Crippen LogP contribution is -1.90. The van der Waals surface area contributed by atoms with Gasteiger partial charge in [-0.15, -0.1) is 0 Å². The maximum atomic E-state index is 9.35. The third-order valence-corrected chi connectivity index (χ3v) is 1.97. The molecule has 0 radical (unpaired) electrons. The molecule has 2 N–H and O–H groups in total. The summed E-state index contributed by atoms with van der Waals surface area (Å²) in [5.74, 6) is 0.0540. The molecule has 3 nitrogen and oxygen atoms in total. The molecular formula is C12H18O3. The number of hydrogen-bond acceptors (Lipinski definition) is 2. The summed E-state index contributed by atoms with van der Waals surface area (Å²) in [5, 5.41) is 16.8. The van der Waals surface area contributed by atoms with Crippen LogP contribution >= 0.6 is 0 Å². The minimum absolute atomic E-state index is 0.399. The molecule has 0 atom stereocenters. The highest BCUT2D eigenvalue weighted by Gasteiger charge is 2.04. The number of benzene rings is 1. The number of phenols is 1. The van der Waals surface area contributed by atoms with Crippen LogP contribution in [0.2, 0.25) is 0 Å². The molecule has 0 aliphatic heterocycles. The third kappa shape index (κ3) is 5.05. The van der Waals surface area contributed by atoms with E-state index < -0.39 is 5.97 Å². The molecule has 1 rings (SSSR count). The van der Waals surface area contributed by atoms with Crippen molar-refractivity contribution >= 4 is 5.97 Å². The Balaban J connectivity index is 0.000000423. The Morgan fingerprint density at radius 2 is 1.80 bits per heavy atom. The molecule has 0 fully saturated rings. The second-order valence-electron chi connectivity index (χ2n) is 3.67. The molecule has 3 heteroatoms. The predicted molar refractivity (Wildman–Crippen MR) is 60.2 cm³/mol. The van der Waals surface area contributed by atoms with Crippen molar-refractivity contribution in [1.29, 1.82) is 0 Å². The highest BCUT2D eigenvalue weighted by molar-refractivity contribution is 5.62. The van der Waals surface area contributed by atoms with E-state index in [0.29, 0.717) is 11.7 Å². The largest absolute Gasteiger partial charge is 0.508 e. The van der Waals surface area contributed by atoms with Gasteiger partial charge in [-0.2, -0.15) is 0 Å². The van der Waals surface area contributed by atoms with Gasteiger partial charge < -0.3 is 10.2 Å². The molecule has 0 aliphatic carbocycles. The number of phenolic OH excluding ortho intramolecular Hbond substituents is 1. The van der Waals surface area contributed by atoms with Crippen LogP contribution in [-0.4, -0.2) is 16.2 Å². The van der Waals surface area contributed by atoms with Crippen LogP contribution < -0.4 is 0 Å². The van der Waals surface area contributed by atoms with E-state index in [0.717, 1.165) is 12.5 Å². The molecule has 0 bridgehead atoms. The van der Waals surface area contributed by atoms with E-state index in [-0.39, 0.29) is 0 Å². The van der Waals surface area contributed by atoms with Crippen LogP contribution in [0.25, 0.3) is 0 Å². The fraction of sp³-hybridized carbons (Fsp3) is 0.417. The Morgan fingerprint density at radius 3 is 2.13 bits per heavy atom. The molecule has 15 heavy (non-hydrogen) atoms. The van der Waals surface area contributed by atoms with Crippen molar-refractivity contribution in [2.75, 3.05) is 0 Å². The van der Waals surface area contributed by atoms with Crippen LogP contribution in [-0.2, 0) is 4.79 Å². The Labute approximate surface area is 90.4 Å². The van der Waals surface area contributed by atoms with Crippen LogP contribution in [0.1, 0.15) is 37.8 Å². The van der Waals surface area contributed by atoms with E-state index in [9.17, 15) is 5.11 Å². The van der Waals surface area contributed by atoms with Crippen molar-refractivity contribution in [3.8, 4) is 5.75 Å². The smallest absolute Gasteiger partial charge is 0.300 e. The van der Waals surface area contributed by atoms with Crippen LogP contribution in [0.15, 0.2) is 18.2 Å². The molecule has 84 valence electrons. The lowest BCUT2D eigenvalue weighted by Gasteiger charge is -2.09. The summed E-state index contributed by atoms with van der Waals surface area (Å²) in [6.45, 7) is 7.29. The van der Waals surface area contributed by atoms with Gasteiger partial charge in [-0.1, -0.05) is 26.0 Å². The first-order chi connectivity index (χ1) is 6.86. The van der Waals surface area contributed by atoms with Gasteiger partial charge in [0.05, 0.1) is 0 Å². The number of hydrogen-bond donors (Lipinski definition) is 2. The number of aliphatic carboxylic acids is 1. The van der Waals surface area contributed by atoms with Gasteiger partial charge in [0.2, 0.25) is 0 Å². The Morgan fingerprint density at radius 1 is 1.33 bits per heavy atom. The van der Waals surface area contributed by atoms with Crippen molar-refractivity contribution in [3.63, 3.8) is 0 Å². The summed E-state index contributed by atoms with van der Waals surface area (Å²) in [6.07, 6.45) is 0. The highest BCUT2D eigenvalue weighted by Crippen LogP contribution is 2.25. The Hall–Kier alpha value is -1.51. The maximum Gasteiger partial charge on any atom is 0.300 e. The number of carbonyl (C=O) groups is 1. The molecule has 1 aromatic carbocycles. The zero-order chi connectivity index (χ0) is 12.0. The fourth-order valence-electron chi connectivity index (χ4n) is 1.27. The molecule has 1 aromatic rings. The zero-order valence-corrected chi connectivity index (χ0v) is 9.61. The van der Waals surface area contributed by atoms with Gasteiger partial charge in [0.15, 0.2) is 0 Å². The van der Waals surface area contributed by atoms with E-state index in [1.165, 1.54) is 5.56 Å². The second-order valence-corrected chi connectivity index (χ2v) is 3.67. The summed E-state index contributed by atoms with van der Waals surface area (Å²) < 4.78 is 0. The topological polar surface area (TPSA) is 57.5 Å². The monoisotopic (exact) mass is 210 g/mol. The molecule has 0 spiro atoms. The number of aromatic hydroxyl groups is 1. The van der Waals surface area contributed by atoms with Crippen molar-refractivity contribution < 1.29 is 15.0 Å². The SMILES string of the molecule is CC(=O)O.Cc1c(O)cccc1C(C)C. The van der Waals surface area contributed by atoms with Crippen LogP contribution in [0.5, 0.6) is 5.75 Å². The number of rotatable bonds is 1. The molecular weight excluding hydrogens is 192 g/mol. The van der Waals surface area contributed by atoms with E-state index in [2.05, 4.69) is 19.9 Å². The lowest BCUT2D eigenvalue weighted by molar-refractivity contribution is -0.134. The number of carboxylic acids is 1. The zero-order valence-electron chi connectivity index (χ0n) is 9.61. The summed E-state index contributed by atoms with van der Waals surface area (Å²) in [7, 11) is 0. The second kappa shape index (κ2) is 6.06. The minimum atomic E-state index is -0.833. The predicted octanol–water partition coefficient (Wildman–Crippen LogP) is 2.91. The molecule has 0 heterocycles. The van der Waals surface area contributed by atoms with Crippen LogP contribution in [0.4, 0.5) is 0 Å². The van der Waals surface area contributed by atoms with E-state index >= 15 is 0 Å². The van der Waals surface area contributed by atoms with Crippen molar-refractivity contribution in [2.24, 2.45) is 0 Å². The summed E-state index contributed by atoms with van der Waals surface area (Å²) >= 11 is 0. The third-order valence-electron chi connectivity index (χ3n) is 1.97. The Bertz CT molecular complexity index is 326. The molecule has 0 aromatic heterocycles. The van der Waals surface area contributed by atoms with Gasteiger partial charge in [0.1, 0.15) is 5.75 Å². The number of carboxylic acid groups (broad SMARTS) is 1. The van der Waals surface area contributed by atoms with Crippen LogP contribution in [0, 0.1) is 6.92 Å². The van der Waals surface area contributed by atoms with E-state index in [4.69, 9.17) is 9.90 Å². The lowest BCUT2D eigenvalue weighted by atomic mass is 9.98. The van der Waals surface area contributed by atoms with Crippen LogP contribution in [0.3, 0.4) is 0 Å². The van der Waals surface area contributed by atoms with Crippen molar-refractivity contribution in [3.05, 3.63) is 29.3 Å². The summed E-state index contributed by atoms with van der Waals surface area (Å²) in [4.78, 5) is 9.00. The average Bonchev–Trinajstić information content (AvgIpc) is 2.08.